The molecule has 1 aromatic heterocycles. The molecule has 0 saturated carbocycles. The zero-order valence-corrected chi connectivity index (χ0v) is 29.1. The number of imidazole rings is 1. The SMILES string of the molecule is COCc1nc(C(C)(C)O)c(C(=O)O)n1Cc1ccc(-c2ccccc2C2(C(c3ccccc3)(c3ccccc3)c3ccccc3)N=NN=N2)cc1. The van der Waals surface area contributed by atoms with Crippen LogP contribution in [0.15, 0.2) is 160 Å². The Labute approximate surface area is 301 Å². The fourth-order valence-electron chi connectivity index (χ4n) is 7.38. The standard InChI is InChI=1S/C42H38N6O4/c1-40(2,51)38-37(39(49)50)48(36(43-38)28-52-3)27-29-23-25-30(26-24-29)34-21-13-14-22-35(34)42(44-46-47-45-42)41(31-15-7-4-8-16-31,32-17-9-5-10-18-32)33-19-11-6-12-20-33/h4-26,51H,27-28H2,1-3H3,(H,49,50). The summed E-state index contributed by atoms with van der Waals surface area (Å²) in [5, 5.41) is 39.3. The van der Waals surface area contributed by atoms with Crippen molar-refractivity contribution in [3.8, 4) is 11.1 Å². The van der Waals surface area contributed by atoms with E-state index in [9.17, 15) is 15.0 Å². The fourth-order valence-corrected chi connectivity index (χ4v) is 7.38. The van der Waals surface area contributed by atoms with Crippen LogP contribution >= 0.6 is 0 Å². The van der Waals surface area contributed by atoms with Crippen molar-refractivity contribution >= 4 is 5.97 Å². The number of hydrogen-bond donors (Lipinski definition) is 2. The molecular weight excluding hydrogens is 652 g/mol. The number of aromatic carboxylic acids is 1. The van der Waals surface area contributed by atoms with Crippen LogP contribution in [0.3, 0.4) is 0 Å². The number of methoxy groups -OCH3 is 1. The number of aliphatic hydroxyl groups is 1. The molecule has 0 radical (unpaired) electrons. The van der Waals surface area contributed by atoms with Crippen LogP contribution in [0.2, 0.25) is 0 Å². The molecule has 0 unspecified atom stereocenters. The number of nitrogens with zero attached hydrogens (tertiary/aromatic N) is 6. The second-order valence-electron chi connectivity index (χ2n) is 13.3. The number of hydrogen-bond acceptors (Lipinski definition) is 8. The Morgan fingerprint density at radius 3 is 1.71 bits per heavy atom. The van der Waals surface area contributed by atoms with Crippen LogP contribution in [0, 0.1) is 0 Å². The van der Waals surface area contributed by atoms with Gasteiger partial charge in [-0.15, -0.1) is 10.2 Å². The van der Waals surface area contributed by atoms with Gasteiger partial charge in [-0.1, -0.05) is 140 Å². The quantitative estimate of drug-likeness (QED) is 0.124. The molecule has 2 N–H and O–H groups in total. The zero-order chi connectivity index (χ0) is 36.3. The van der Waals surface area contributed by atoms with Gasteiger partial charge in [0.1, 0.15) is 23.7 Å². The summed E-state index contributed by atoms with van der Waals surface area (Å²) in [5.74, 6) is -0.772. The van der Waals surface area contributed by atoms with Gasteiger partial charge >= 0.3 is 5.97 Å². The van der Waals surface area contributed by atoms with Crippen molar-refractivity contribution in [1.29, 1.82) is 0 Å². The number of carbonyl (C=O) groups is 1. The average molecular weight is 691 g/mol. The van der Waals surface area contributed by atoms with Gasteiger partial charge in [0.05, 0.1) is 5.41 Å². The lowest BCUT2D eigenvalue weighted by molar-refractivity contribution is 0.0602. The molecule has 52 heavy (non-hydrogen) atoms. The summed E-state index contributed by atoms with van der Waals surface area (Å²) in [4.78, 5) is 17.0. The highest BCUT2D eigenvalue weighted by molar-refractivity contribution is 5.87. The van der Waals surface area contributed by atoms with E-state index in [-0.39, 0.29) is 24.5 Å². The second-order valence-corrected chi connectivity index (χ2v) is 13.3. The van der Waals surface area contributed by atoms with E-state index in [1.54, 1.807) is 4.57 Å². The molecule has 10 heteroatoms. The van der Waals surface area contributed by atoms with Gasteiger partial charge in [-0.3, -0.25) is 0 Å². The third-order valence-corrected chi connectivity index (χ3v) is 9.57. The van der Waals surface area contributed by atoms with Crippen LogP contribution in [0.4, 0.5) is 0 Å². The van der Waals surface area contributed by atoms with Crippen LogP contribution < -0.4 is 0 Å². The molecule has 2 heterocycles. The molecule has 5 aromatic carbocycles. The molecular formula is C42H38N6O4. The Morgan fingerprint density at radius 2 is 1.23 bits per heavy atom. The van der Waals surface area contributed by atoms with E-state index >= 15 is 0 Å². The fraction of sp³-hybridized carbons (Fsp3) is 0.190. The predicted molar refractivity (Wildman–Crippen MR) is 197 cm³/mol. The van der Waals surface area contributed by atoms with E-state index in [0.717, 1.165) is 38.9 Å². The Kier molecular flexibility index (Phi) is 9.18. The number of benzene rings is 5. The van der Waals surface area contributed by atoms with Crippen molar-refractivity contribution in [3.63, 3.8) is 0 Å². The van der Waals surface area contributed by atoms with Gasteiger partial charge in [-0.2, -0.15) is 0 Å². The molecule has 260 valence electrons. The van der Waals surface area contributed by atoms with E-state index < -0.39 is 22.6 Å². The first-order valence-electron chi connectivity index (χ1n) is 16.9. The monoisotopic (exact) mass is 690 g/mol. The van der Waals surface area contributed by atoms with Crippen molar-refractivity contribution in [2.24, 2.45) is 20.7 Å². The van der Waals surface area contributed by atoms with Crippen LogP contribution in [-0.2, 0) is 34.6 Å². The number of ether oxygens (including phenoxy) is 1. The summed E-state index contributed by atoms with van der Waals surface area (Å²) in [6, 6.07) is 46.7. The maximum absolute atomic E-state index is 12.5. The number of carboxylic acids is 1. The van der Waals surface area contributed by atoms with Gasteiger partial charge in [-0.25, -0.2) is 9.78 Å². The lowest BCUT2D eigenvalue weighted by atomic mass is 9.59. The number of rotatable bonds is 12. The highest BCUT2D eigenvalue weighted by Gasteiger charge is 2.60. The van der Waals surface area contributed by atoms with E-state index in [0.29, 0.717) is 5.82 Å². The summed E-state index contributed by atoms with van der Waals surface area (Å²) >= 11 is 0. The maximum atomic E-state index is 12.5. The van der Waals surface area contributed by atoms with Crippen molar-refractivity contribution in [2.75, 3.05) is 7.11 Å². The summed E-state index contributed by atoms with van der Waals surface area (Å²) in [6.07, 6.45) is 0. The average Bonchev–Trinajstić information content (AvgIpc) is 3.81. The van der Waals surface area contributed by atoms with Crippen LogP contribution in [-0.4, -0.2) is 32.8 Å². The lowest BCUT2D eigenvalue weighted by Gasteiger charge is -2.45. The lowest BCUT2D eigenvalue weighted by Crippen LogP contribution is -2.48. The first-order valence-corrected chi connectivity index (χ1v) is 16.9. The van der Waals surface area contributed by atoms with Crippen molar-refractivity contribution in [3.05, 3.63) is 185 Å². The van der Waals surface area contributed by atoms with E-state index in [1.165, 1.54) is 21.0 Å². The zero-order valence-electron chi connectivity index (χ0n) is 29.1. The van der Waals surface area contributed by atoms with Gasteiger partial charge in [0, 0.05) is 19.2 Å². The number of carboxylic acid groups (broad SMARTS) is 1. The van der Waals surface area contributed by atoms with Crippen molar-refractivity contribution < 1.29 is 19.7 Å². The Bertz CT molecular complexity index is 2140. The molecule has 0 saturated heterocycles. The Hall–Kier alpha value is -6.10. The van der Waals surface area contributed by atoms with E-state index in [1.807, 2.05) is 103 Å². The number of aromatic nitrogens is 2. The Morgan fingerprint density at radius 1 is 0.731 bits per heavy atom. The third kappa shape index (κ3) is 5.81. The highest BCUT2D eigenvalue weighted by Crippen LogP contribution is 2.58. The minimum atomic E-state index is -1.46. The smallest absolute Gasteiger partial charge is 0.354 e. The molecule has 0 spiro atoms. The molecule has 0 fully saturated rings. The van der Waals surface area contributed by atoms with Gasteiger partial charge < -0.3 is 19.5 Å². The molecule has 1 aliphatic rings. The van der Waals surface area contributed by atoms with Gasteiger partial charge in [0.2, 0.25) is 5.66 Å². The topological polar surface area (TPSA) is 134 Å². The Balaban J connectivity index is 1.39. The van der Waals surface area contributed by atoms with Gasteiger partial charge in [-0.05, 0) is 57.7 Å². The summed E-state index contributed by atoms with van der Waals surface area (Å²) in [6.45, 7) is 3.33. The predicted octanol–water partition coefficient (Wildman–Crippen LogP) is 8.69. The molecule has 0 aliphatic carbocycles. The van der Waals surface area contributed by atoms with Gasteiger partial charge in [0.15, 0.2) is 5.69 Å². The highest BCUT2D eigenvalue weighted by atomic mass is 16.5. The van der Waals surface area contributed by atoms with E-state index in [2.05, 4.69) is 51.8 Å². The molecule has 7 rings (SSSR count). The van der Waals surface area contributed by atoms with Crippen LogP contribution in [0.1, 0.15) is 63.7 Å². The minimum absolute atomic E-state index is 0.0769. The first kappa shape index (κ1) is 34.4. The first-order chi connectivity index (χ1) is 25.2. The van der Waals surface area contributed by atoms with Crippen molar-refractivity contribution in [2.45, 2.75) is 43.7 Å². The third-order valence-electron chi connectivity index (χ3n) is 9.57. The van der Waals surface area contributed by atoms with Crippen LogP contribution in [0.25, 0.3) is 11.1 Å². The summed E-state index contributed by atoms with van der Waals surface area (Å²) < 4.78 is 6.94. The molecule has 0 amide bonds. The molecule has 0 atom stereocenters. The molecule has 10 nitrogen and oxygen atoms in total. The maximum Gasteiger partial charge on any atom is 0.354 e. The summed E-state index contributed by atoms with van der Waals surface area (Å²) in [7, 11) is 1.52. The van der Waals surface area contributed by atoms with E-state index in [4.69, 9.17) is 15.0 Å². The molecule has 0 bridgehead atoms. The van der Waals surface area contributed by atoms with Crippen LogP contribution in [0.5, 0.6) is 0 Å². The summed E-state index contributed by atoms with van der Waals surface area (Å²) in [5.41, 5.74) is 2.58. The second kappa shape index (κ2) is 13.9. The van der Waals surface area contributed by atoms with Crippen molar-refractivity contribution in [1.82, 2.24) is 9.55 Å². The molecule has 6 aromatic rings. The largest absolute Gasteiger partial charge is 0.477 e. The minimum Gasteiger partial charge on any atom is -0.477 e. The molecule has 1 aliphatic heterocycles. The van der Waals surface area contributed by atoms with Gasteiger partial charge in [0.25, 0.3) is 0 Å². The normalized spacial score (nSPS) is 13.8.